The number of halogens is 1. The average molecular weight is 270 g/mol. The second-order valence-corrected chi connectivity index (χ2v) is 4.99. The van der Waals surface area contributed by atoms with E-state index in [4.69, 9.17) is 11.6 Å². The molecule has 0 unspecified atom stereocenters. The molecule has 1 heterocycles. The third-order valence-corrected chi connectivity index (χ3v) is 3.48. The molecule has 1 fully saturated rings. The maximum Gasteiger partial charge on any atom is 0.275 e. The van der Waals surface area contributed by atoms with Crippen molar-refractivity contribution in [1.29, 1.82) is 0 Å². The predicted octanol–water partition coefficient (Wildman–Crippen LogP) is 2.04. The number of benzene rings is 1. The summed E-state index contributed by atoms with van der Waals surface area (Å²) in [6.45, 7) is 5.30. The molecule has 0 radical (unpaired) electrons. The van der Waals surface area contributed by atoms with Crippen LogP contribution in [0.5, 0.6) is 0 Å². The largest absolute Gasteiger partial charge is 0.312 e. The topological polar surface area (TPSA) is 58.4 Å². The zero-order valence-corrected chi connectivity index (χ0v) is 11.0. The second kappa shape index (κ2) is 5.65. The van der Waals surface area contributed by atoms with Crippen molar-refractivity contribution in [2.45, 2.75) is 19.5 Å². The third kappa shape index (κ3) is 2.98. The number of nitrogens with zero attached hydrogens (tertiary/aromatic N) is 2. The molecule has 6 heteroatoms. The van der Waals surface area contributed by atoms with E-state index < -0.39 is 0 Å². The van der Waals surface area contributed by atoms with Crippen molar-refractivity contribution in [2.24, 2.45) is 0 Å². The first kappa shape index (κ1) is 13.3. The minimum atomic E-state index is -0.368. The van der Waals surface area contributed by atoms with Crippen molar-refractivity contribution < 1.29 is 4.92 Å². The molecule has 0 amide bonds. The molecular weight excluding hydrogens is 254 g/mol. The monoisotopic (exact) mass is 269 g/mol. The van der Waals surface area contributed by atoms with Crippen LogP contribution in [0.15, 0.2) is 18.2 Å². The Labute approximate surface area is 111 Å². The van der Waals surface area contributed by atoms with Crippen LogP contribution in [-0.2, 0) is 6.54 Å². The van der Waals surface area contributed by atoms with Gasteiger partial charge in [-0.3, -0.25) is 15.0 Å². The molecule has 1 N–H and O–H groups in total. The first-order valence-electron chi connectivity index (χ1n) is 5.95. The van der Waals surface area contributed by atoms with Crippen molar-refractivity contribution in [3.05, 3.63) is 38.9 Å². The summed E-state index contributed by atoms with van der Waals surface area (Å²) < 4.78 is 0. The molecule has 1 aromatic carbocycles. The van der Waals surface area contributed by atoms with Gasteiger partial charge in [-0.15, -0.1) is 0 Å². The average Bonchev–Trinajstić information content (AvgIpc) is 2.31. The number of rotatable bonds is 3. The van der Waals surface area contributed by atoms with E-state index in [-0.39, 0.29) is 10.6 Å². The Bertz CT molecular complexity index is 453. The summed E-state index contributed by atoms with van der Waals surface area (Å²) in [7, 11) is 0. The standard InChI is InChI=1S/C12H16ClN3O2/c1-9-7-15(6-5-14-9)8-10-11(13)3-2-4-12(10)16(17)18/h2-4,9,14H,5-8H2,1H3/t9-/m1/s1. The fraction of sp³-hybridized carbons (Fsp3) is 0.500. The highest BCUT2D eigenvalue weighted by molar-refractivity contribution is 6.31. The summed E-state index contributed by atoms with van der Waals surface area (Å²) in [6, 6.07) is 5.23. The Balaban J connectivity index is 2.20. The molecule has 0 saturated carbocycles. The van der Waals surface area contributed by atoms with E-state index in [9.17, 15) is 10.1 Å². The first-order chi connectivity index (χ1) is 8.58. The molecule has 0 aliphatic carbocycles. The van der Waals surface area contributed by atoms with Gasteiger partial charge in [0.15, 0.2) is 0 Å². The fourth-order valence-corrected chi connectivity index (χ4v) is 2.48. The Kier molecular flexibility index (Phi) is 4.16. The lowest BCUT2D eigenvalue weighted by atomic mass is 10.1. The highest BCUT2D eigenvalue weighted by atomic mass is 35.5. The van der Waals surface area contributed by atoms with Crippen LogP contribution in [0.1, 0.15) is 12.5 Å². The molecule has 0 spiro atoms. The molecule has 1 aliphatic heterocycles. The summed E-state index contributed by atoms with van der Waals surface area (Å²) in [5, 5.41) is 14.8. The quantitative estimate of drug-likeness (QED) is 0.674. The van der Waals surface area contributed by atoms with Crippen molar-refractivity contribution in [3.63, 3.8) is 0 Å². The smallest absolute Gasteiger partial charge is 0.275 e. The van der Waals surface area contributed by atoms with Crippen LogP contribution >= 0.6 is 11.6 Å². The number of hydrogen-bond acceptors (Lipinski definition) is 4. The van der Waals surface area contributed by atoms with Crippen molar-refractivity contribution in [1.82, 2.24) is 10.2 Å². The summed E-state index contributed by atoms with van der Waals surface area (Å²) in [5.41, 5.74) is 0.715. The van der Waals surface area contributed by atoms with Gasteiger partial charge in [0, 0.05) is 38.3 Å². The second-order valence-electron chi connectivity index (χ2n) is 4.58. The molecule has 1 aliphatic rings. The molecule has 1 saturated heterocycles. The Morgan fingerprint density at radius 3 is 3.06 bits per heavy atom. The van der Waals surface area contributed by atoms with Crippen molar-refractivity contribution in [3.8, 4) is 0 Å². The molecule has 1 aromatic rings. The molecule has 18 heavy (non-hydrogen) atoms. The van der Waals surface area contributed by atoms with E-state index in [1.807, 2.05) is 0 Å². The van der Waals surface area contributed by atoms with Gasteiger partial charge >= 0.3 is 0 Å². The molecule has 98 valence electrons. The van der Waals surface area contributed by atoms with Gasteiger partial charge < -0.3 is 5.32 Å². The molecule has 5 nitrogen and oxygen atoms in total. The number of nitro benzene ring substituents is 1. The molecule has 2 rings (SSSR count). The number of piperazine rings is 1. The van der Waals surface area contributed by atoms with E-state index >= 15 is 0 Å². The van der Waals surface area contributed by atoms with Crippen molar-refractivity contribution >= 4 is 17.3 Å². The van der Waals surface area contributed by atoms with Crippen LogP contribution < -0.4 is 5.32 Å². The van der Waals surface area contributed by atoms with Crippen LogP contribution in [0, 0.1) is 10.1 Å². The van der Waals surface area contributed by atoms with Crippen LogP contribution in [0.2, 0.25) is 5.02 Å². The molecular formula is C12H16ClN3O2. The predicted molar refractivity (Wildman–Crippen MR) is 70.8 cm³/mol. The summed E-state index contributed by atoms with van der Waals surface area (Å²) in [4.78, 5) is 12.8. The fourth-order valence-electron chi connectivity index (χ4n) is 2.25. The van der Waals surface area contributed by atoms with Gasteiger partial charge in [0.1, 0.15) is 0 Å². The molecule has 1 atom stereocenters. The number of hydrogen-bond donors (Lipinski definition) is 1. The van der Waals surface area contributed by atoms with Crippen molar-refractivity contribution in [2.75, 3.05) is 19.6 Å². The SMILES string of the molecule is C[C@@H]1CN(Cc2c(Cl)cccc2[N+](=O)[O-])CCN1. The zero-order chi connectivity index (χ0) is 13.1. The summed E-state index contributed by atoms with van der Waals surface area (Å²) >= 11 is 6.08. The highest BCUT2D eigenvalue weighted by Crippen LogP contribution is 2.27. The minimum Gasteiger partial charge on any atom is -0.312 e. The number of nitrogens with one attached hydrogen (secondary N) is 1. The van der Waals surface area contributed by atoms with E-state index in [2.05, 4.69) is 17.1 Å². The lowest BCUT2D eigenvalue weighted by molar-refractivity contribution is -0.385. The zero-order valence-electron chi connectivity index (χ0n) is 10.2. The minimum absolute atomic E-state index is 0.105. The summed E-state index contributed by atoms with van der Waals surface area (Å²) in [5.74, 6) is 0. The van der Waals surface area contributed by atoms with E-state index in [0.717, 1.165) is 19.6 Å². The highest BCUT2D eigenvalue weighted by Gasteiger charge is 2.22. The molecule has 0 bridgehead atoms. The maximum absolute atomic E-state index is 11.0. The van der Waals surface area contributed by atoms with Crippen LogP contribution in [0.4, 0.5) is 5.69 Å². The first-order valence-corrected chi connectivity index (χ1v) is 6.33. The van der Waals surface area contributed by atoms with Gasteiger partial charge in [-0.05, 0) is 13.0 Å². The Morgan fingerprint density at radius 1 is 1.61 bits per heavy atom. The van der Waals surface area contributed by atoms with Gasteiger partial charge in [-0.2, -0.15) is 0 Å². The third-order valence-electron chi connectivity index (χ3n) is 3.13. The van der Waals surface area contributed by atoms with Crippen LogP contribution in [0.25, 0.3) is 0 Å². The normalized spacial score (nSPS) is 20.9. The summed E-state index contributed by atoms with van der Waals surface area (Å²) in [6.07, 6.45) is 0. The lowest BCUT2D eigenvalue weighted by Gasteiger charge is -2.31. The Morgan fingerprint density at radius 2 is 2.39 bits per heavy atom. The van der Waals surface area contributed by atoms with E-state index in [0.29, 0.717) is 23.2 Å². The van der Waals surface area contributed by atoms with E-state index in [1.54, 1.807) is 12.1 Å². The number of nitro groups is 1. The van der Waals surface area contributed by atoms with Gasteiger partial charge in [0.05, 0.1) is 15.5 Å². The van der Waals surface area contributed by atoms with Gasteiger partial charge in [0.25, 0.3) is 5.69 Å². The van der Waals surface area contributed by atoms with Gasteiger partial charge in [-0.25, -0.2) is 0 Å². The van der Waals surface area contributed by atoms with Crippen LogP contribution in [0.3, 0.4) is 0 Å². The Hall–Kier alpha value is -1.17. The van der Waals surface area contributed by atoms with Crippen LogP contribution in [-0.4, -0.2) is 35.5 Å². The lowest BCUT2D eigenvalue weighted by Crippen LogP contribution is -2.48. The molecule has 0 aromatic heterocycles. The maximum atomic E-state index is 11.0. The van der Waals surface area contributed by atoms with E-state index in [1.165, 1.54) is 6.07 Å². The van der Waals surface area contributed by atoms with Gasteiger partial charge in [0.2, 0.25) is 0 Å². The van der Waals surface area contributed by atoms with Gasteiger partial charge in [-0.1, -0.05) is 17.7 Å².